The molecule has 0 radical (unpaired) electrons. The van der Waals surface area contributed by atoms with Gasteiger partial charge >= 0.3 is 5.97 Å². The second-order valence-corrected chi connectivity index (χ2v) is 4.63. The topological polar surface area (TPSA) is 75.4 Å². The Balaban J connectivity index is 2.54. The molecule has 2 rings (SSSR count). The van der Waals surface area contributed by atoms with E-state index in [0.717, 1.165) is 5.69 Å². The molecule has 0 aliphatic heterocycles. The number of carboxylic acid groups (broad SMARTS) is 1. The van der Waals surface area contributed by atoms with Gasteiger partial charge in [-0.3, -0.25) is 4.79 Å². The van der Waals surface area contributed by atoms with Crippen LogP contribution in [0.1, 0.15) is 16.2 Å². The lowest BCUT2D eigenvalue weighted by Gasteiger charge is -2.14. The van der Waals surface area contributed by atoms with Crippen molar-refractivity contribution >= 4 is 11.7 Å². The van der Waals surface area contributed by atoms with Gasteiger partial charge < -0.3 is 10.0 Å². The Morgan fingerprint density at radius 2 is 1.85 bits per heavy atom. The number of anilines is 1. The van der Waals surface area contributed by atoms with E-state index >= 15 is 0 Å². The van der Waals surface area contributed by atoms with Gasteiger partial charge in [0.2, 0.25) is 11.1 Å². The second kappa shape index (κ2) is 5.16. The van der Waals surface area contributed by atoms with Gasteiger partial charge in [-0.1, -0.05) is 0 Å². The number of hydrogen-bond donors (Lipinski definition) is 1. The molecule has 6 heteroatoms. The highest BCUT2D eigenvalue weighted by atomic mass is 16.4. The maximum Gasteiger partial charge on any atom is 0.360 e. The Morgan fingerprint density at radius 1 is 1.25 bits per heavy atom. The summed E-state index contributed by atoms with van der Waals surface area (Å²) < 4.78 is 1.45. The first-order valence-electron chi connectivity index (χ1n) is 6.02. The highest BCUT2D eigenvalue weighted by Gasteiger charge is 2.13. The Bertz CT molecular complexity index is 703. The molecular formula is C14H15N3O3. The molecule has 104 valence electrons. The largest absolute Gasteiger partial charge is 0.476 e. The SMILES string of the molecule is Cc1cc(=O)c(C(=O)O)nn1-c1ccc(N(C)C)cc1. The van der Waals surface area contributed by atoms with E-state index in [4.69, 9.17) is 5.11 Å². The standard InChI is InChI=1S/C14H15N3O3/c1-9-8-12(18)13(14(19)20)15-17(9)11-6-4-10(5-7-11)16(2)3/h4-8H,1-3H3,(H,19,20). The van der Waals surface area contributed by atoms with Gasteiger partial charge in [0.25, 0.3) is 0 Å². The molecule has 0 aliphatic carbocycles. The number of aromatic nitrogens is 2. The van der Waals surface area contributed by atoms with Gasteiger partial charge in [-0.15, -0.1) is 0 Å². The fourth-order valence-electron chi connectivity index (χ4n) is 1.85. The molecule has 0 atom stereocenters. The molecule has 0 spiro atoms. The first-order valence-corrected chi connectivity index (χ1v) is 6.02. The number of nitrogens with zero attached hydrogens (tertiary/aromatic N) is 3. The molecule has 0 aliphatic rings. The minimum atomic E-state index is -1.33. The van der Waals surface area contributed by atoms with Crippen molar-refractivity contribution in [3.05, 3.63) is 51.9 Å². The Morgan fingerprint density at radius 3 is 2.35 bits per heavy atom. The van der Waals surface area contributed by atoms with E-state index in [0.29, 0.717) is 11.4 Å². The molecule has 6 nitrogen and oxygen atoms in total. The Hall–Kier alpha value is -2.63. The molecule has 0 saturated carbocycles. The minimum absolute atomic E-state index is 0.479. The molecule has 1 aromatic heterocycles. The molecule has 1 heterocycles. The average Bonchev–Trinajstić information content (AvgIpc) is 2.38. The van der Waals surface area contributed by atoms with Crippen LogP contribution in [-0.2, 0) is 0 Å². The molecule has 2 aromatic rings. The van der Waals surface area contributed by atoms with E-state index < -0.39 is 17.1 Å². The Labute approximate surface area is 115 Å². The van der Waals surface area contributed by atoms with Crippen molar-refractivity contribution in [3.8, 4) is 5.69 Å². The first-order chi connectivity index (χ1) is 9.40. The average molecular weight is 273 g/mol. The molecule has 1 aromatic carbocycles. The van der Waals surface area contributed by atoms with Crippen LogP contribution >= 0.6 is 0 Å². The summed E-state index contributed by atoms with van der Waals surface area (Å²) in [5, 5.41) is 12.9. The zero-order chi connectivity index (χ0) is 14.9. The maximum absolute atomic E-state index is 11.5. The third-order valence-corrected chi connectivity index (χ3v) is 2.92. The van der Waals surface area contributed by atoms with E-state index in [-0.39, 0.29) is 0 Å². The van der Waals surface area contributed by atoms with E-state index in [1.165, 1.54) is 10.7 Å². The van der Waals surface area contributed by atoms with Crippen molar-refractivity contribution in [1.82, 2.24) is 9.78 Å². The lowest BCUT2D eigenvalue weighted by molar-refractivity contribution is 0.0686. The molecule has 1 N–H and O–H groups in total. The zero-order valence-electron chi connectivity index (χ0n) is 11.5. The van der Waals surface area contributed by atoms with Gasteiger partial charge in [0.05, 0.1) is 5.69 Å². The molecule has 0 saturated heterocycles. The van der Waals surface area contributed by atoms with Crippen molar-refractivity contribution in [3.63, 3.8) is 0 Å². The van der Waals surface area contributed by atoms with Crippen LogP contribution in [0.2, 0.25) is 0 Å². The number of carbonyl (C=O) groups is 1. The van der Waals surface area contributed by atoms with Crippen molar-refractivity contribution < 1.29 is 9.90 Å². The number of hydrogen-bond acceptors (Lipinski definition) is 4. The van der Waals surface area contributed by atoms with Gasteiger partial charge in [-0.2, -0.15) is 5.10 Å². The molecule has 0 unspecified atom stereocenters. The number of carboxylic acids is 1. The number of rotatable bonds is 3. The van der Waals surface area contributed by atoms with E-state index in [9.17, 15) is 9.59 Å². The van der Waals surface area contributed by atoms with Crippen LogP contribution in [-0.4, -0.2) is 35.0 Å². The number of aryl methyl sites for hydroxylation is 1. The summed E-state index contributed by atoms with van der Waals surface area (Å²) in [4.78, 5) is 24.5. The van der Waals surface area contributed by atoms with Crippen LogP contribution in [0.3, 0.4) is 0 Å². The summed E-state index contributed by atoms with van der Waals surface area (Å²) in [5.74, 6) is -1.33. The van der Waals surface area contributed by atoms with E-state index in [1.807, 2.05) is 43.3 Å². The number of benzene rings is 1. The predicted octanol–water partition coefficient (Wildman–Crippen LogP) is 1.31. The third-order valence-electron chi connectivity index (χ3n) is 2.92. The maximum atomic E-state index is 11.5. The summed E-state index contributed by atoms with van der Waals surface area (Å²) in [5.41, 5.74) is 1.24. The monoisotopic (exact) mass is 273 g/mol. The highest BCUT2D eigenvalue weighted by molar-refractivity contribution is 5.84. The smallest absolute Gasteiger partial charge is 0.360 e. The fraction of sp³-hybridized carbons (Fsp3) is 0.214. The fourth-order valence-corrected chi connectivity index (χ4v) is 1.85. The molecule has 0 amide bonds. The third kappa shape index (κ3) is 2.54. The van der Waals surface area contributed by atoms with E-state index in [2.05, 4.69) is 5.10 Å². The van der Waals surface area contributed by atoms with Gasteiger partial charge in [-0.05, 0) is 31.2 Å². The summed E-state index contributed by atoms with van der Waals surface area (Å²) in [6, 6.07) is 8.72. The summed E-state index contributed by atoms with van der Waals surface area (Å²) in [7, 11) is 3.86. The van der Waals surface area contributed by atoms with Crippen molar-refractivity contribution in [1.29, 1.82) is 0 Å². The van der Waals surface area contributed by atoms with Crippen LogP contribution in [0.5, 0.6) is 0 Å². The van der Waals surface area contributed by atoms with Crippen LogP contribution in [0.4, 0.5) is 5.69 Å². The normalized spacial score (nSPS) is 10.3. The lowest BCUT2D eigenvalue weighted by atomic mass is 10.2. The van der Waals surface area contributed by atoms with Gasteiger partial charge in [0.1, 0.15) is 0 Å². The second-order valence-electron chi connectivity index (χ2n) is 4.63. The van der Waals surface area contributed by atoms with Crippen LogP contribution in [0, 0.1) is 6.92 Å². The molecule has 20 heavy (non-hydrogen) atoms. The highest BCUT2D eigenvalue weighted by Crippen LogP contribution is 2.15. The van der Waals surface area contributed by atoms with E-state index in [1.54, 1.807) is 6.92 Å². The van der Waals surface area contributed by atoms with Crippen LogP contribution in [0.15, 0.2) is 35.1 Å². The summed E-state index contributed by atoms with van der Waals surface area (Å²) in [6.45, 7) is 1.71. The van der Waals surface area contributed by atoms with Crippen molar-refractivity contribution in [2.24, 2.45) is 0 Å². The minimum Gasteiger partial charge on any atom is -0.476 e. The summed E-state index contributed by atoms with van der Waals surface area (Å²) in [6.07, 6.45) is 0. The zero-order valence-corrected chi connectivity index (χ0v) is 11.5. The van der Waals surface area contributed by atoms with Gasteiger partial charge in [0, 0.05) is 31.5 Å². The Kier molecular flexibility index (Phi) is 3.56. The van der Waals surface area contributed by atoms with Gasteiger partial charge in [0.15, 0.2) is 0 Å². The van der Waals surface area contributed by atoms with Crippen molar-refractivity contribution in [2.45, 2.75) is 6.92 Å². The lowest BCUT2D eigenvalue weighted by Crippen LogP contribution is -2.22. The van der Waals surface area contributed by atoms with Crippen LogP contribution in [0.25, 0.3) is 5.69 Å². The molecule has 0 bridgehead atoms. The summed E-state index contributed by atoms with van der Waals surface area (Å²) >= 11 is 0. The number of aromatic carboxylic acids is 1. The van der Waals surface area contributed by atoms with Gasteiger partial charge in [-0.25, -0.2) is 9.48 Å². The molecule has 0 fully saturated rings. The van der Waals surface area contributed by atoms with Crippen LogP contribution < -0.4 is 10.3 Å². The molecular weight excluding hydrogens is 258 g/mol. The first kappa shape index (κ1) is 13.8. The quantitative estimate of drug-likeness (QED) is 0.912. The van der Waals surface area contributed by atoms with Crippen molar-refractivity contribution in [2.75, 3.05) is 19.0 Å². The predicted molar refractivity (Wildman–Crippen MR) is 75.9 cm³/mol.